The predicted molar refractivity (Wildman–Crippen MR) is 130 cm³/mol. The van der Waals surface area contributed by atoms with Crippen molar-refractivity contribution in [3.8, 4) is 28.0 Å². The molecule has 1 aliphatic carbocycles. The number of anilines is 1. The molecule has 166 valence electrons. The van der Waals surface area contributed by atoms with Crippen LogP contribution in [0, 0.1) is 11.8 Å². The van der Waals surface area contributed by atoms with Gasteiger partial charge >= 0.3 is 0 Å². The lowest BCUT2D eigenvalue weighted by molar-refractivity contribution is 0.143. The summed E-state index contributed by atoms with van der Waals surface area (Å²) < 4.78 is 6.01. The van der Waals surface area contributed by atoms with Crippen molar-refractivity contribution in [2.45, 2.75) is 64.1 Å². The van der Waals surface area contributed by atoms with Crippen molar-refractivity contribution < 1.29 is 9.84 Å². The number of hydrogen-bond donors (Lipinski definition) is 2. The Balaban J connectivity index is 1.47. The summed E-state index contributed by atoms with van der Waals surface area (Å²) in [6, 6.07) is 9.70. The molecular weight excluding hydrogens is 418 g/mol. The van der Waals surface area contributed by atoms with E-state index in [1.807, 2.05) is 36.5 Å². The summed E-state index contributed by atoms with van der Waals surface area (Å²) >= 11 is 1.75. The highest BCUT2D eigenvalue weighted by atomic mass is 32.1. The second kappa shape index (κ2) is 9.72. The van der Waals surface area contributed by atoms with Crippen LogP contribution in [0.5, 0.6) is 5.75 Å². The van der Waals surface area contributed by atoms with Gasteiger partial charge in [-0.3, -0.25) is 0 Å². The minimum atomic E-state index is -1.03. The van der Waals surface area contributed by atoms with Gasteiger partial charge in [-0.2, -0.15) is 0 Å². The molecule has 1 saturated carbocycles. The van der Waals surface area contributed by atoms with E-state index in [1.165, 1.54) is 37.1 Å². The van der Waals surface area contributed by atoms with Crippen molar-refractivity contribution in [2.24, 2.45) is 0 Å². The highest BCUT2D eigenvalue weighted by molar-refractivity contribution is 7.15. The van der Waals surface area contributed by atoms with Crippen LogP contribution < -0.4 is 10.5 Å². The van der Waals surface area contributed by atoms with E-state index in [9.17, 15) is 5.11 Å². The fourth-order valence-corrected chi connectivity index (χ4v) is 4.86. The van der Waals surface area contributed by atoms with Crippen molar-refractivity contribution in [3.63, 3.8) is 0 Å². The highest BCUT2D eigenvalue weighted by Gasteiger charge is 2.19. The van der Waals surface area contributed by atoms with Crippen LogP contribution in [-0.2, 0) is 6.61 Å². The van der Waals surface area contributed by atoms with Crippen LogP contribution in [0.1, 0.15) is 68.0 Å². The van der Waals surface area contributed by atoms with Gasteiger partial charge in [-0.15, -0.1) is 11.3 Å². The lowest BCUT2D eigenvalue weighted by atomic mass is 9.90. The average molecular weight is 448 g/mol. The third kappa shape index (κ3) is 5.87. The maximum Gasteiger partial charge on any atom is 0.166 e. The molecule has 5 nitrogen and oxygen atoms in total. The minimum absolute atomic E-state index is 0.351. The molecule has 0 aliphatic heterocycles. The van der Waals surface area contributed by atoms with Gasteiger partial charge in [0.1, 0.15) is 12.2 Å². The molecule has 4 rings (SSSR count). The third-order valence-corrected chi connectivity index (χ3v) is 6.69. The van der Waals surface area contributed by atoms with Crippen molar-refractivity contribution in [1.82, 2.24) is 9.97 Å². The fourth-order valence-electron chi connectivity index (χ4n) is 3.79. The van der Waals surface area contributed by atoms with Gasteiger partial charge in [0.25, 0.3) is 0 Å². The maximum atomic E-state index is 9.80. The lowest BCUT2D eigenvalue weighted by Gasteiger charge is -2.18. The van der Waals surface area contributed by atoms with Crippen LogP contribution in [0.3, 0.4) is 0 Å². The highest BCUT2D eigenvalue weighted by Crippen LogP contribution is 2.38. The first-order valence-electron chi connectivity index (χ1n) is 11.1. The quantitative estimate of drug-likeness (QED) is 0.502. The van der Waals surface area contributed by atoms with Crippen LogP contribution in [-0.4, -0.2) is 20.7 Å². The van der Waals surface area contributed by atoms with Crippen molar-refractivity contribution in [3.05, 3.63) is 58.9 Å². The number of nitrogens with zero attached hydrogens (tertiary/aromatic N) is 2. The number of benzene rings is 1. The van der Waals surface area contributed by atoms with Gasteiger partial charge in [-0.05, 0) is 50.5 Å². The van der Waals surface area contributed by atoms with Crippen molar-refractivity contribution >= 4 is 17.2 Å². The largest absolute Gasteiger partial charge is 0.485 e. The Morgan fingerprint density at radius 1 is 1.16 bits per heavy atom. The first-order chi connectivity index (χ1) is 15.4. The van der Waals surface area contributed by atoms with Gasteiger partial charge in [0.15, 0.2) is 11.6 Å². The number of hydrogen-bond acceptors (Lipinski definition) is 6. The van der Waals surface area contributed by atoms with Crippen molar-refractivity contribution in [2.75, 3.05) is 5.73 Å². The van der Waals surface area contributed by atoms with Gasteiger partial charge in [0, 0.05) is 29.4 Å². The van der Waals surface area contributed by atoms with E-state index in [0.717, 1.165) is 21.6 Å². The third-order valence-electron chi connectivity index (χ3n) is 5.48. The molecule has 0 amide bonds. The average Bonchev–Trinajstić information content (AvgIpc) is 3.28. The van der Waals surface area contributed by atoms with E-state index in [-0.39, 0.29) is 0 Å². The van der Waals surface area contributed by atoms with Gasteiger partial charge in [-0.1, -0.05) is 43.2 Å². The summed E-state index contributed by atoms with van der Waals surface area (Å²) in [5.41, 5.74) is 7.82. The Hall–Kier alpha value is -2.88. The van der Waals surface area contributed by atoms with E-state index < -0.39 is 5.60 Å². The first kappa shape index (κ1) is 22.3. The molecule has 0 unspecified atom stereocenters. The number of aromatic nitrogens is 2. The van der Waals surface area contributed by atoms with E-state index >= 15 is 0 Å². The summed E-state index contributed by atoms with van der Waals surface area (Å²) in [7, 11) is 0. The number of thiazole rings is 1. The van der Waals surface area contributed by atoms with E-state index in [1.54, 1.807) is 31.4 Å². The second-order valence-corrected chi connectivity index (χ2v) is 9.87. The number of ether oxygens (including phenoxy) is 1. The maximum absolute atomic E-state index is 9.80. The lowest BCUT2D eigenvalue weighted by Crippen LogP contribution is -2.14. The molecule has 2 aromatic heterocycles. The van der Waals surface area contributed by atoms with Gasteiger partial charge in [0.05, 0.1) is 9.88 Å². The Kier molecular flexibility index (Phi) is 6.78. The van der Waals surface area contributed by atoms with Gasteiger partial charge in [0.2, 0.25) is 0 Å². The molecule has 0 saturated heterocycles. The molecule has 3 aromatic rings. The van der Waals surface area contributed by atoms with Gasteiger partial charge < -0.3 is 15.6 Å². The number of nitrogen functional groups attached to an aromatic ring is 1. The predicted octanol–water partition coefficient (Wildman–Crippen LogP) is 5.54. The Labute approximate surface area is 193 Å². The molecule has 0 bridgehead atoms. The molecule has 0 spiro atoms. The summed E-state index contributed by atoms with van der Waals surface area (Å²) in [4.78, 5) is 10.1. The zero-order chi connectivity index (χ0) is 22.6. The van der Waals surface area contributed by atoms with Crippen LogP contribution in [0.15, 0.2) is 42.7 Å². The monoisotopic (exact) mass is 447 g/mol. The zero-order valence-corrected chi connectivity index (χ0v) is 19.4. The molecule has 1 aromatic carbocycles. The number of nitrogens with two attached hydrogens (primary N) is 1. The van der Waals surface area contributed by atoms with Crippen LogP contribution in [0.4, 0.5) is 5.82 Å². The zero-order valence-electron chi connectivity index (χ0n) is 18.6. The SMILES string of the molecule is CC(C)(O)C#Cc1cccc(COc2cc(-c3cnc(C4CCCCC4)s3)cnc2N)c1. The smallest absolute Gasteiger partial charge is 0.166 e. The number of aliphatic hydroxyl groups is 1. The molecular formula is C26H29N3O2S. The molecule has 0 radical (unpaired) electrons. The summed E-state index contributed by atoms with van der Waals surface area (Å²) in [5, 5.41) is 11.0. The molecule has 0 atom stereocenters. The molecule has 2 heterocycles. The summed E-state index contributed by atoms with van der Waals surface area (Å²) in [5.74, 6) is 7.34. The van der Waals surface area contributed by atoms with E-state index in [4.69, 9.17) is 15.5 Å². The molecule has 1 aliphatic rings. The molecule has 6 heteroatoms. The Bertz CT molecular complexity index is 1130. The topological polar surface area (TPSA) is 81.3 Å². The summed E-state index contributed by atoms with van der Waals surface area (Å²) in [6.07, 6.45) is 10.1. The summed E-state index contributed by atoms with van der Waals surface area (Å²) in [6.45, 7) is 3.68. The Morgan fingerprint density at radius 2 is 1.97 bits per heavy atom. The fraction of sp³-hybridized carbons (Fsp3) is 0.385. The second-order valence-electron chi connectivity index (χ2n) is 8.80. The standard InChI is InChI=1S/C26H29N3O2S/c1-26(2,30)12-11-18-7-6-8-19(13-18)17-31-22-14-21(15-28-24(22)27)23-16-29-25(32-23)20-9-4-3-5-10-20/h6-8,13-16,20,30H,3-5,9-10,17H2,1-2H3,(H2,27,28). The number of pyridine rings is 1. The van der Waals surface area contributed by atoms with Crippen LogP contribution in [0.2, 0.25) is 0 Å². The van der Waals surface area contributed by atoms with E-state index in [0.29, 0.717) is 24.1 Å². The van der Waals surface area contributed by atoms with Crippen molar-refractivity contribution in [1.29, 1.82) is 0 Å². The van der Waals surface area contributed by atoms with E-state index in [2.05, 4.69) is 16.8 Å². The molecule has 1 fully saturated rings. The first-order valence-corrected chi connectivity index (χ1v) is 11.9. The molecule has 32 heavy (non-hydrogen) atoms. The van der Waals surface area contributed by atoms with Gasteiger partial charge in [-0.25, -0.2) is 9.97 Å². The molecule has 3 N–H and O–H groups in total. The Morgan fingerprint density at radius 3 is 2.75 bits per heavy atom. The van der Waals surface area contributed by atoms with Crippen LogP contribution in [0.25, 0.3) is 10.4 Å². The van der Waals surface area contributed by atoms with Crippen LogP contribution >= 0.6 is 11.3 Å². The normalized spacial score (nSPS) is 14.6. The minimum Gasteiger partial charge on any atom is -0.485 e. The number of rotatable bonds is 5.